The summed E-state index contributed by atoms with van der Waals surface area (Å²) in [5.74, 6) is -0.529. The number of non-ortho nitro benzene ring substituents is 1. The molecule has 3 rings (SSSR count). The molecule has 0 bridgehead atoms. The number of hydrogen-bond acceptors (Lipinski definition) is 6. The molecular formula is C16H12N4O3S2. The number of nitro benzene ring substituents is 1. The number of nitro groups is 1. The molecule has 126 valence electrons. The summed E-state index contributed by atoms with van der Waals surface area (Å²) in [5.41, 5.74) is 1.96. The first-order valence-corrected chi connectivity index (χ1v) is 8.39. The standard InChI is InChI=1S/C16H12N4O3S2/c1-9-5-6-12-13(7-9)25-16(17-12)19-15(24)18-14(21)10-3-2-4-11(8-10)20(22)23/h2-8H,1H3,(H2,17,18,19,21,24). The van der Waals surface area contributed by atoms with Crippen molar-refractivity contribution >= 4 is 55.6 Å². The SMILES string of the molecule is Cc1ccc2nc(NC(=S)NC(=O)c3cccc([N+](=O)[O-])c3)sc2c1. The second kappa shape index (κ2) is 6.91. The van der Waals surface area contributed by atoms with Crippen LogP contribution in [-0.2, 0) is 0 Å². The molecule has 0 radical (unpaired) electrons. The van der Waals surface area contributed by atoms with Gasteiger partial charge in [-0.15, -0.1) is 0 Å². The highest BCUT2D eigenvalue weighted by Crippen LogP contribution is 2.26. The van der Waals surface area contributed by atoms with Crippen molar-refractivity contribution < 1.29 is 9.72 Å². The van der Waals surface area contributed by atoms with Gasteiger partial charge in [-0.05, 0) is 42.9 Å². The minimum atomic E-state index is -0.559. The van der Waals surface area contributed by atoms with Crippen LogP contribution in [-0.4, -0.2) is 20.9 Å². The van der Waals surface area contributed by atoms with E-state index in [2.05, 4.69) is 15.6 Å². The third-order valence-electron chi connectivity index (χ3n) is 3.31. The fourth-order valence-electron chi connectivity index (χ4n) is 2.15. The Morgan fingerprint density at radius 2 is 2.08 bits per heavy atom. The summed E-state index contributed by atoms with van der Waals surface area (Å²) in [6.45, 7) is 2.00. The van der Waals surface area contributed by atoms with Crippen LogP contribution in [0.15, 0.2) is 42.5 Å². The van der Waals surface area contributed by atoms with Crippen molar-refractivity contribution in [3.05, 3.63) is 63.7 Å². The second-order valence-electron chi connectivity index (χ2n) is 5.21. The first kappa shape index (κ1) is 16.9. The third-order valence-corrected chi connectivity index (χ3v) is 4.45. The number of benzene rings is 2. The quantitative estimate of drug-likeness (QED) is 0.414. The highest BCUT2D eigenvalue weighted by molar-refractivity contribution is 7.80. The molecule has 7 nitrogen and oxygen atoms in total. The van der Waals surface area contributed by atoms with E-state index in [9.17, 15) is 14.9 Å². The molecule has 0 atom stereocenters. The zero-order valence-electron chi connectivity index (χ0n) is 13.0. The number of rotatable bonds is 3. The Morgan fingerprint density at radius 1 is 1.28 bits per heavy atom. The zero-order chi connectivity index (χ0) is 18.0. The summed E-state index contributed by atoms with van der Waals surface area (Å²) in [6, 6.07) is 11.3. The molecule has 2 aromatic carbocycles. The van der Waals surface area contributed by atoms with Gasteiger partial charge in [-0.25, -0.2) is 4.98 Å². The van der Waals surface area contributed by atoms with Gasteiger partial charge in [0.05, 0.1) is 15.1 Å². The summed E-state index contributed by atoms with van der Waals surface area (Å²) in [7, 11) is 0. The van der Waals surface area contributed by atoms with E-state index in [1.807, 2.05) is 25.1 Å². The lowest BCUT2D eigenvalue weighted by molar-refractivity contribution is -0.384. The first-order chi connectivity index (χ1) is 11.9. The number of carbonyl (C=O) groups is 1. The number of fused-ring (bicyclic) bond motifs is 1. The Kier molecular flexibility index (Phi) is 4.68. The minimum Gasteiger partial charge on any atom is -0.308 e. The molecule has 0 saturated heterocycles. The van der Waals surface area contributed by atoms with Crippen LogP contribution in [0.2, 0.25) is 0 Å². The van der Waals surface area contributed by atoms with Crippen molar-refractivity contribution in [3.63, 3.8) is 0 Å². The fourth-order valence-corrected chi connectivity index (χ4v) is 3.37. The smallest absolute Gasteiger partial charge is 0.270 e. The molecule has 1 amide bonds. The molecule has 0 saturated carbocycles. The van der Waals surface area contributed by atoms with Crippen molar-refractivity contribution in [2.24, 2.45) is 0 Å². The summed E-state index contributed by atoms with van der Waals surface area (Å²) in [5, 5.41) is 16.8. The van der Waals surface area contributed by atoms with Gasteiger partial charge in [0, 0.05) is 17.7 Å². The molecule has 0 spiro atoms. The zero-order valence-corrected chi connectivity index (χ0v) is 14.6. The molecule has 3 aromatic rings. The molecule has 0 fully saturated rings. The molecule has 25 heavy (non-hydrogen) atoms. The lowest BCUT2D eigenvalue weighted by atomic mass is 10.2. The van der Waals surface area contributed by atoms with Crippen molar-refractivity contribution in [3.8, 4) is 0 Å². The van der Waals surface area contributed by atoms with Gasteiger partial charge in [-0.3, -0.25) is 20.2 Å². The van der Waals surface area contributed by atoms with Gasteiger partial charge in [0.2, 0.25) is 0 Å². The van der Waals surface area contributed by atoms with Crippen LogP contribution in [0.4, 0.5) is 10.8 Å². The van der Waals surface area contributed by atoms with Crippen LogP contribution in [0.1, 0.15) is 15.9 Å². The van der Waals surface area contributed by atoms with Gasteiger partial charge >= 0.3 is 0 Å². The monoisotopic (exact) mass is 372 g/mol. The summed E-state index contributed by atoms with van der Waals surface area (Å²) < 4.78 is 1.01. The molecule has 0 aliphatic heterocycles. The maximum Gasteiger partial charge on any atom is 0.270 e. The topological polar surface area (TPSA) is 97.2 Å². The Balaban J connectivity index is 1.69. The number of nitrogens with one attached hydrogen (secondary N) is 2. The van der Waals surface area contributed by atoms with E-state index in [0.717, 1.165) is 15.8 Å². The number of aromatic nitrogens is 1. The van der Waals surface area contributed by atoms with E-state index < -0.39 is 10.8 Å². The largest absolute Gasteiger partial charge is 0.308 e. The van der Waals surface area contributed by atoms with Gasteiger partial charge in [0.15, 0.2) is 10.2 Å². The number of hydrogen-bond donors (Lipinski definition) is 2. The van der Waals surface area contributed by atoms with Gasteiger partial charge in [-0.2, -0.15) is 0 Å². The number of aryl methyl sites for hydroxylation is 1. The van der Waals surface area contributed by atoms with E-state index in [0.29, 0.717) is 5.13 Å². The lowest BCUT2D eigenvalue weighted by Crippen LogP contribution is -2.34. The highest BCUT2D eigenvalue weighted by atomic mass is 32.1. The van der Waals surface area contributed by atoms with Gasteiger partial charge < -0.3 is 5.32 Å². The van der Waals surface area contributed by atoms with Crippen LogP contribution >= 0.6 is 23.6 Å². The molecule has 0 aliphatic rings. The van der Waals surface area contributed by atoms with Crippen LogP contribution in [0.25, 0.3) is 10.2 Å². The Bertz CT molecular complexity index is 1000. The van der Waals surface area contributed by atoms with E-state index in [1.54, 1.807) is 0 Å². The molecule has 1 heterocycles. The predicted molar refractivity (Wildman–Crippen MR) is 101 cm³/mol. The molecule has 0 aliphatic carbocycles. The van der Waals surface area contributed by atoms with Crippen LogP contribution < -0.4 is 10.6 Å². The van der Waals surface area contributed by atoms with Crippen molar-refractivity contribution in [1.29, 1.82) is 0 Å². The predicted octanol–water partition coefficient (Wildman–Crippen LogP) is 3.64. The molecule has 0 unspecified atom stereocenters. The van der Waals surface area contributed by atoms with E-state index in [1.165, 1.54) is 35.6 Å². The molecule has 1 aromatic heterocycles. The maximum atomic E-state index is 12.2. The first-order valence-electron chi connectivity index (χ1n) is 7.16. The average molecular weight is 372 g/mol. The van der Waals surface area contributed by atoms with Crippen molar-refractivity contribution in [1.82, 2.24) is 10.3 Å². The average Bonchev–Trinajstić information content (AvgIpc) is 2.95. The fraction of sp³-hybridized carbons (Fsp3) is 0.0625. The van der Waals surface area contributed by atoms with E-state index >= 15 is 0 Å². The third kappa shape index (κ3) is 3.95. The summed E-state index contributed by atoms with van der Waals surface area (Å²) >= 11 is 6.54. The van der Waals surface area contributed by atoms with Crippen LogP contribution in [0.5, 0.6) is 0 Å². The highest BCUT2D eigenvalue weighted by Gasteiger charge is 2.13. The minimum absolute atomic E-state index is 0.0762. The van der Waals surface area contributed by atoms with Crippen LogP contribution in [0.3, 0.4) is 0 Å². The summed E-state index contributed by atoms with van der Waals surface area (Å²) in [4.78, 5) is 26.8. The Morgan fingerprint density at radius 3 is 2.84 bits per heavy atom. The number of amides is 1. The van der Waals surface area contributed by atoms with Gasteiger partial charge in [0.1, 0.15) is 0 Å². The normalized spacial score (nSPS) is 10.4. The molecule has 2 N–H and O–H groups in total. The number of carbonyl (C=O) groups excluding carboxylic acids is 1. The number of thiazole rings is 1. The van der Waals surface area contributed by atoms with Crippen molar-refractivity contribution in [2.75, 3.05) is 5.32 Å². The lowest BCUT2D eigenvalue weighted by Gasteiger charge is -2.06. The maximum absolute atomic E-state index is 12.2. The Labute approximate surface area is 151 Å². The van der Waals surface area contributed by atoms with E-state index in [4.69, 9.17) is 12.2 Å². The molecular weight excluding hydrogens is 360 g/mol. The second-order valence-corrected chi connectivity index (χ2v) is 6.64. The van der Waals surface area contributed by atoms with Crippen molar-refractivity contribution in [2.45, 2.75) is 6.92 Å². The number of nitrogens with zero attached hydrogens (tertiary/aromatic N) is 2. The van der Waals surface area contributed by atoms with Gasteiger partial charge in [0.25, 0.3) is 11.6 Å². The number of anilines is 1. The Hall–Kier alpha value is -2.91. The van der Waals surface area contributed by atoms with Crippen LogP contribution in [0, 0.1) is 17.0 Å². The number of thiocarbonyl (C=S) groups is 1. The summed E-state index contributed by atoms with van der Waals surface area (Å²) in [6.07, 6.45) is 0. The molecule has 9 heteroatoms. The van der Waals surface area contributed by atoms with E-state index in [-0.39, 0.29) is 16.4 Å². The van der Waals surface area contributed by atoms with Gasteiger partial charge in [-0.1, -0.05) is 23.5 Å².